The minimum Gasteiger partial charge on any atom is -0.381 e. The van der Waals surface area contributed by atoms with E-state index < -0.39 is 25.1 Å². The summed E-state index contributed by atoms with van der Waals surface area (Å²) in [5.41, 5.74) is 3.86. The number of fused-ring (bicyclic) bond motifs is 3. The van der Waals surface area contributed by atoms with Gasteiger partial charge in [0.2, 0.25) is 10.0 Å². The van der Waals surface area contributed by atoms with Crippen molar-refractivity contribution < 1.29 is 21.6 Å². The summed E-state index contributed by atoms with van der Waals surface area (Å²) in [5.74, 6) is 0.305. The molecule has 0 bridgehead atoms. The van der Waals surface area contributed by atoms with E-state index in [4.69, 9.17) is 9.72 Å². The second-order valence-corrected chi connectivity index (χ2v) is 14.6. The zero-order valence-electron chi connectivity index (χ0n) is 22.2. The SMILES string of the molecule is Cc1nnn(C)c1-c1cnc2c3c(NS(=O)(=O)C4CC4)ncc(S(C)(=O)=O)c3n([C@H](C)C3CCOCC3)c2c1. The number of pyridine rings is 2. The van der Waals surface area contributed by atoms with Gasteiger partial charge in [0.25, 0.3) is 0 Å². The smallest absolute Gasteiger partial charge is 0.236 e. The monoisotopic (exact) mass is 573 g/mol. The lowest BCUT2D eigenvalue weighted by molar-refractivity contribution is 0.0524. The van der Waals surface area contributed by atoms with E-state index in [-0.39, 0.29) is 22.7 Å². The highest BCUT2D eigenvalue weighted by atomic mass is 32.2. The maximum absolute atomic E-state index is 13.1. The van der Waals surface area contributed by atoms with Gasteiger partial charge in [0.05, 0.1) is 44.8 Å². The molecule has 1 saturated carbocycles. The van der Waals surface area contributed by atoms with Gasteiger partial charge in [0.15, 0.2) is 15.7 Å². The average molecular weight is 574 g/mol. The molecule has 1 saturated heterocycles. The zero-order chi connectivity index (χ0) is 27.7. The molecule has 2 fully saturated rings. The molecular formula is C25H31N7O5S2. The van der Waals surface area contributed by atoms with Crippen molar-refractivity contribution >= 4 is 47.6 Å². The summed E-state index contributed by atoms with van der Waals surface area (Å²) in [4.78, 5) is 9.15. The molecule has 0 aromatic carbocycles. The van der Waals surface area contributed by atoms with Crippen molar-refractivity contribution in [2.75, 3.05) is 24.2 Å². The van der Waals surface area contributed by atoms with Gasteiger partial charge in [-0.1, -0.05) is 5.21 Å². The molecule has 39 heavy (non-hydrogen) atoms. The van der Waals surface area contributed by atoms with Crippen LogP contribution in [0.4, 0.5) is 5.82 Å². The molecule has 208 valence electrons. The van der Waals surface area contributed by atoms with Crippen molar-refractivity contribution in [3.8, 4) is 11.3 Å². The van der Waals surface area contributed by atoms with E-state index >= 15 is 0 Å². The maximum Gasteiger partial charge on any atom is 0.236 e. The van der Waals surface area contributed by atoms with E-state index in [1.165, 1.54) is 6.20 Å². The summed E-state index contributed by atoms with van der Waals surface area (Å²) in [6, 6.07) is 1.82. The molecular weight excluding hydrogens is 542 g/mol. The summed E-state index contributed by atoms with van der Waals surface area (Å²) < 4.78 is 64.0. The molecule has 14 heteroatoms. The van der Waals surface area contributed by atoms with Crippen LogP contribution in [0.25, 0.3) is 33.2 Å². The molecule has 0 radical (unpaired) electrons. The number of hydrogen-bond donors (Lipinski definition) is 1. The van der Waals surface area contributed by atoms with Crippen LogP contribution in [0.3, 0.4) is 0 Å². The van der Waals surface area contributed by atoms with Gasteiger partial charge >= 0.3 is 0 Å². The number of sulfone groups is 1. The average Bonchev–Trinajstić information content (AvgIpc) is 3.63. The fraction of sp³-hybridized carbons (Fsp3) is 0.520. The van der Waals surface area contributed by atoms with Gasteiger partial charge in [-0.2, -0.15) is 0 Å². The topological polar surface area (TPSA) is 151 Å². The maximum atomic E-state index is 13.1. The Morgan fingerprint density at radius 1 is 1.08 bits per heavy atom. The minimum atomic E-state index is -3.73. The van der Waals surface area contributed by atoms with Crippen LogP contribution in [-0.2, 0) is 31.6 Å². The Kier molecular flexibility index (Phi) is 6.19. The molecule has 2 aliphatic rings. The van der Waals surface area contributed by atoms with Gasteiger partial charge in [-0.25, -0.2) is 26.5 Å². The molecule has 0 amide bonds. The fourth-order valence-electron chi connectivity index (χ4n) is 5.66. The third kappa shape index (κ3) is 4.47. The standard InChI is InChI=1S/C25H31N7O5S2/c1-14-23(31(3)30-28-14)17-11-19-22(26-12-17)21-24(32(19)15(2)16-7-9-37-10-8-16)20(38(4,33)34)13-27-25(21)29-39(35,36)18-5-6-18/h11-13,15-16,18H,5-10H2,1-4H3,(H,27,29)/t15-/m1/s1. The van der Waals surface area contributed by atoms with Crippen LogP contribution in [0.15, 0.2) is 23.4 Å². The first-order chi connectivity index (χ1) is 18.5. The molecule has 1 aliphatic carbocycles. The highest BCUT2D eigenvalue weighted by Gasteiger charge is 2.37. The molecule has 1 N–H and O–H groups in total. The van der Waals surface area contributed by atoms with Gasteiger partial charge in [0.1, 0.15) is 4.90 Å². The quantitative estimate of drug-likeness (QED) is 0.352. The highest BCUT2D eigenvalue weighted by molar-refractivity contribution is 7.93. The van der Waals surface area contributed by atoms with Crippen LogP contribution in [0.5, 0.6) is 0 Å². The minimum absolute atomic E-state index is 0.0312. The van der Waals surface area contributed by atoms with Crippen LogP contribution in [0, 0.1) is 12.8 Å². The molecule has 4 aromatic heterocycles. The second-order valence-electron chi connectivity index (χ2n) is 10.6. The molecule has 0 spiro atoms. The van der Waals surface area contributed by atoms with Crippen molar-refractivity contribution in [2.24, 2.45) is 13.0 Å². The number of sulfonamides is 1. The van der Waals surface area contributed by atoms with Gasteiger partial charge in [-0.05, 0) is 51.5 Å². The van der Waals surface area contributed by atoms with Crippen LogP contribution in [-0.4, -0.2) is 71.1 Å². The molecule has 1 atom stereocenters. The van der Waals surface area contributed by atoms with Crippen molar-refractivity contribution in [2.45, 2.75) is 55.7 Å². The van der Waals surface area contributed by atoms with Crippen LogP contribution >= 0.6 is 0 Å². The molecule has 1 aliphatic heterocycles. The lowest BCUT2D eigenvalue weighted by atomic mass is 9.92. The third-order valence-electron chi connectivity index (χ3n) is 7.85. The number of anilines is 1. The van der Waals surface area contributed by atoms with Gasteiger partial charge in [0, 0.05) is 44.3 Å². The van der Waals surface area contributed by atoms with E-state index in [2.05, 4.69) is 26.9 Å². The van der Waals surface area contributed by atoms with Gasteiger partial charge in [-0.15, -0.1) is 5.10 Å². The number of ether oxygens (including phenoxy) is 1. The first-order valence-corrected chi connectivity index (χ1v) is 16.4. The van der Waals surface area contributed by atoms with Crippen molar-refractivity contribution in [3.63, 3.8) is 0 Å². The van der Waals surface area contributed by atoms with Crippen LogP contribution in [0.1, 0.15) is 44.3 Å². The summed E-state index contributed by atoms with van der Waals surface area (Å²) in [5, 5.41) is 8.19. The molecule has 5 heterocycles. The van der Waals surface area contributed by atoms with Crippen molar-refractivity contribution in [1.29, 1.82) is 0 Å². The normalized spacial score (nSPS) is 18.2. The Balaban J connectivity index is 1.70. The highest BCUT2D eigenvalue weighted by Crippen LogP contribution is 2.43. The molecule has 12 nitrogen and oxygen atoms in total. The number of nitrogens with zero attached hydrogens (tertiary/aromatic N) is 6. The summed E-state index contributed by atoms with van der Waals surface area (Å²) >= 11 is 0. The molecule has 0 unspecified atom stereocenters. The Morgan fingerprint density at radius 3 is 2.41 bits per heavy atom. The fourth-order valence-corrected chi connectivity index (χ4v) is 7.80. The van der Waals surface area contributed by atoms with E-state index in [1.807, 2.05) is 17.6 Å². The number of aromatic nitrogens is 6. The zero-order valence-corrected chi connectivity index (χ0v) is 23.9. The van der Waals surface area contributed by atoms with Crippen LogP contribution in [0.2, 0.25) is 0 Å². The Hall–Kier alpha value is -3.10. The second kappa shape index (κ2) is 9.24. The van der Waals surface area contributed by atoms with E-state index in [0.29, 0.717) is 48.0 Å². The van der Waals surface area contributed by atoms with Gasteiger partial charge in [-0.3, -0.25) is 9.71 Å². The number of nitrogens with one attached hydrogen (secondary N) is 1. The summed E-state index contributed by atoms with van der Waals surface area (Å²) in [6.45, 7) is 5.19. The third-order valence-corrected chi connectivity index (χ3v) is 10.8. The number of rotatable bonds is 7. The van der Waals surface area contributed by atoms with E-state index in [1.54, 1.807) is 17.9 Å². The Bertz CT molecular complexity index is 1800. The first kappa shape index (κ1) is 26.1. The number of hydrogen-bond acceptors (Lipinski definition) is 9. The van der Waals surface area contributed by atoms with Gasteiger partial charge < -0.3 is 9.30 Å². The first-order valence-electron chi connectivity index (χ1n) is 13.0. The Morgan fingerprint density at radius 2 is 1.79 bits per heavy atom. The van der Waals surface area contributed by atoms with Crippen molar-refractivity contribution in [1.82, 2.24) is 29.5 Å². The summed E-state index contributed by atoms with van der Waals surface area (Å²) in [6.07, 6.45) is 6.89. The lowest BCUT2D eigenvalue weighted by Gasteiger charge is -2.30. The molecule has 6 rings (SSSR count). The van der Waals surface area contributed by atoms with E-state index in [9.17, 15) is 16.8 Å². The lowest BCUT2D eigenvalue weighted by Crippen LogP contribution is -2.24. The Labute approximate surface area is 226 Å². The predicted molar refractivity (Wildman–Crippen MR) is 147 cm³/mol. The number of aryl methyl sites for hydroxylation is 2. The summed E-state index contributed by atoms with van der Waals surface area (Å²) in [7, 11) is -5.60. The van der Waals surface area contributed by atoms with Crippen LogP contribution < -0.4 is 4.72 Å². The molecule has 4 aromatic rings. The van der Waals surface area contributed by atoms with Crippen molar-refractivity contribution in [3.05, 3.63) is 24.2 Å². The predicted octanol–water partition coefficient (Wildman–Crippen LogP) is 2.98. The largest absolute Gasteiger partial charge is 0.381 e. The van der Waals surface area contributed by atoms with E-state index in [0.717, 1.165) is 36.0 Å².